The van der Waals surface area contributed by atoms with Gasteiger partial charge in [-0.05, 0) is 12.5 Å². The summed E-state index contributed by atoms with van der Waals surface area (Å²) in [6, 6.07) is 1.44. The van der Waals surface area contributed by atoms with Crippen LogP contribution in [0.3, 0.4) is 0 Å². The van der Waals surface area contributed by atoms with Crippen molar-refractivity contribution in [2.24, 2.45) is 0 Å². The molecule has 1 rings (SSSR count). The summed E-state index contributed by atoms with van der Waals surface area (Å²) in [5, 5.41) is 0. The lowest BCUT2D eigenvalue weighted by Gasteiger charge is -2.07. The van der Waals surface area contributed by atoms with Gasteiger partial charge in [-0.15, -0.1) is 0 Å². The van der Waals surface area contributed by atoms with Gasteiger partial charge in [-0.3, -0.25) is 4.57 Å². The van der Waals surface area contributed by atoms with Crippen molar-refractivity contribution in [2.75, 3.05) is 12.0 Å². The molecule has 8 heteroatoms. The highest BCUT2D eigenvalue weighted by Crippen LogP contribution is 2.07. The SMILES string of the molecule is CC/C(=C\OS(C)(=O)=O)n1ccc(N)nc1=O. The third-order valence-corrected chi connectivity index (χ3v) is 2.30. The molecule has 0 aliphatic carbocycles. The molecule has 0 saturated heterocycles. The van der Waals surface area contributed by atoms with Gasteiger partial charge < -0.3 is 9.92 Å². The minimum Gasteiger partial charge on any atom is -0.389 e. The molecule has 0 saturated carbocycles. The van der Waals surface area contributed by atoms with Crippen molar-refractivity contribution >= 4 is 21.6 Å². The molecule has 0 aromatic carbocycles. The number of aromatic nitrogens is 2. The molecular weight excluding hydrogens is 246 g/mol. The van der Waals surface area contributed by atoms with Crippen LogP contribution in [0.25, 0.3) is 5.70 Å². The highest BCUT2D eigenvalue weighted by Gasteiger charge is 2.05. The second-order valence-electron chi connectivity index (χ2n) is 3.27. The number of nitrogens with zero attached hydrogens (tertiary/aromatic N) is 2. The van der Waals surface area contributed by atoms with E-state index in [0.29, 0.717) is 12.1 Å². The zero-order chi connectivity index (χ0) is 13.1. The molecule has 1 aromatic rings. The summed E-state index contributed by atoms with van der Waals surface area (Å²) in [5.41, 5.74) is 5.12. The Morgan fingerprint density at radius 2 is 2.29 bits per heavy atom. The molecule has 2 N–H and O–H groups in total. The average molecular weight is 259 g/mol. The molecular formula is C9H13N3O4S. The summed E-state index contributed by atoms with van der Waals surface area (Å²) in [4.78, 5) is 15.0. The Hall–Kier alpha value is -1.83. The molecule has 0 amide bonds. The Labute approximate surface area is 98.7 Å². The lowest BCUT2D eigenvalue weighted by atomic mass is 10.3. The van der Waals surface area contributed by atoms with Crippen LogP contribution in [0.2, 0.25) is 0 Å². The summed E-state index contributed by atoms with van der Waals surface area (Å²) < 4.78 is 27.3. The van der Waals surface area contributed by atoms with Gasteiger partial charge in [0.25, 0.3) is 0 Å². The van der Waals surface area contributed by atoms with E-state index < -0.39 is 15.8 Å². The van der Waals surface area contributed by atoms with E-state index >= 15 is 0 Å². The van der Waals surface area contributed by atoms with Crippen LogP contribution < -0.4 is 11.4 Å². The van der Waals surface area contributed by atoms with Crippen molar-refractivity contribution < 1.29 is 12.6 Å². The Bertz CT molecular complexity index is 589. The van der Waals surface area contributed by atoms with Gasteiger partial charge in [-0.1, -0.05) is 6.92 Å². The van der Waals surface area contributed by atoms with E-state index in [0.717, 1.165) is 12.5 Å². The van der Waals surface area contributed by atoms with Gasteiger partial charge in [0, 0.05) is 6.20 Å². The van der Waals surface area contributed by atoms with Gasteiger partial charge in [0.2, 0.25) is 0 Å². The predicted molar refractivity (Wildman–Crippen MR) is 63.4 cm³/mol. The average Bonchev–Trinajstić information content (AvgIpc) is 2.19. The van der Waals surface area contributed by atoms with Crippen LogP contribution in [0.5, 0.6) is 0 Å². The van der Waals surface area contributed by atoms with E-state index in [-0.39, 0.29) is 5.82 Å². The molecule has 0 unspecified atom stereocenters. The third kappa shape index (κ3) is 3.91. The second kappa shape index (κ2) is 5.00. The number of nitrogens with two attached hydrogens (primary N) is 1. The standard InChI is InChI=1S/C9H13N3O4S/c1-3-7(6-16-17(2,14)15)12-5-4-8(10)11-9(12)13/h4-6H,3H2,1-2H3,(H2,10,11,13)/b7-6+. The zero-order valence-electron chi connectivity index (χ0n) is 9.45. The van der Waals surface area contributed by atoms with Crippen molar-refractivity contribution in [2.45, 2.75) is 13.3 Å². The highest BCUT2D eigenvalue weighted by molar-refractivity contribution is 7.86. The largest absolute Gasteiger partial charge is 0.389 e. The molecule has 0 bridgehead atoms. The Balaban J connectivity index is 3.14. The lowest BCUT2D eigenvalue weighted by Crippen LogP contribution is -2.22. The summed E-state index contributed by atoms with van der Waals surface area (Å²) in [6.07, 6.45) is 3.74. The summed E-state index contributed by atoms with van der Waals surface area (Å²) in [6.45, 7) is 1.75. The van der Waals surface area contributed by atoms with E-state index in [1.54, 1.807) is 6.92 Å². The first-order valence-electron chi connectivity index (χ1n) is 4.76. The maximum Gasteiger partial charge on any atom is 0.353 e. The van der Waals surface area contributed by atoms with Gasteiger partial charge in [0.1, 0.15) is 12.1 Å². The van der Waals surface area contributed by atoms with Gasteiger partial charge in [0.05, 0.1) is 12.0 Å². The number of anilines is 1. The van der Waals surface area contributed by atoms with Gasteiger partial charge in [-0.2, -0.15) is 13.4 Å². The highest BCUT2D eigenvalue weighted by atomic mass is 32.2. The Morgan fingerprint density at radius 1 is 1.65 bits per heavy atom. The zero-order valence-corrected chi connectivity index (χ0v) is 10.3. The minimum atomic E-state index is -3.60. The monoisotopic (exact) mass is 259 g/mol. The molecule has 0 fully saturated rings. The number of hydrogen-bond acceptors (Lipinski definition) is 6. The van der Waals surface area contributed by atoms with Crippen LogP contribution in [0.4, 0.5) is 5.82 Å². The van der Waals surface area contributed by atoms with Crippen LogP contribution in [0, 0.1) is 0 Å². The summed E-state index contributed by atoms with van der Waals surface area (Å²) in [5.74, 6) is 0.103. The van der Waals surface area contributed by atoms with Crippen LogP contribution in [-0.4, -0.2) is 24.2 Å². The van der Waals surface area contributed by atoms with Crippen molar-refractivity contribution in [3.05, 3.63) is 29.0 Å². The quantitative estimate of drug-likeness (QED) is 0.603. The lowest BCUT2D eigenvalue weighted by molar-refractivity contribution is 0.448. The van der Waals surface area contributed by atoms with E-state index in [9.17, 15) is 13.2 Å². The molecule has 1 aromatic heterocycles. The first-order valence-corrected chi connectivity index (χ1v) is 6.58. The van der Waals surface area contributed by atoms with Crippen molar-refractivity contribution in [3.63, 3.8) is 0 Å². The maximum absolute atomic E-state index is 11.5. The van der Waals surface area contributed by atoms with E-state index in [2.05, 4.69) is 9.17 Å². The smallest absolute Gasteiger partial charge is 0.353 e. The molecule has 0 aliphatic rings. The van der Waals surface area contributed by atoms with Crippen molar-refractivity contribution in [3.8, 4) is 0 Å². The Morgan fingerprint density at radius 3 is 2.76 bits per heavy atom. The number of nitrogen functional groups attached to an aromatic ring is 1. The molecule has 0 aliphatic heterocycles. The van der Waals surface area contributed by atoms with Gasteiger partial charge >= 0.3 is 15.8 Å². The summed E-state index contributed by atoms with van der Waals surface area (Å²) >= 11 is 0. The van der Waals surface area contributed by atoms with Crippen molar-refractivity contribution in [1.29, 1.82) is 0 Å². The molecule has 17 heavy (non-hydrogen) atoms. The van der Waals surface area contributed by atoms with E-state index in [1.165, 1.54) is 16.8 Å². The Kier molecular flexibility index (Phi) is 3.89. The van der Waals surface area contributed by atoms with Crippen molar-refractivity contribution in [1.82, 2.24) is 9.55 Å². The topological polar surface area (TPSA) is 104 Å². The second-order valence-corrected chi connectivity index (χ2v) is 4.87. The van der Waals surface area contributed by atoms with Crippen LogP contribution in [0.15, 0.2) is 23.3 Å². The number of hydrogen-bond donors (Lipinski definition) is 1. The molecule has 0 radical (unpaired) electrons. The van der Waals surface area contributed by atoms with E-state index in [4.69, 9.17) is 5.73 Å². The fourth-order valence-corrected chi connectivity index (χ4v) is 1.37. The maximum atomic E-state index is 11.5. The fourth-order valence-electron chi connectivity index (χ4n) is 1.09. The fraction of sp³-hybridized carbons (Fsp3) is 0.333. The molecule has 7 nitrogen and oxygen atoms in total. The summed E-state index contributed by atoms with van der Waals surface area (Å²) in [7, 11) is -3.60. The molecule has 0 spiro atoms. The van der Waals surface area contributed by atoms with Crippen LogP contribution in [0.1, 0.15) is 13.3 Å². The third-order valence-electron chi connectivity index (χ3n) is 1.86. The van der Waals surface area contributed by atoms with Gasteiger partial charge in [-0.25, -0.2) is 4.79 Å². The van der Waals surface area contributed by atoms with Crippen LogP contribution in [-0.2, 0) is 14.3 Å². The predicted octanol–water partition coefficient (Wildman–Crippen LogP) is 0.0101. The van der Waals surface area contributed by atoms with Gasteiger partial charge in [0.15, 0.2) is 0 Å². The molecule has 1 heterocycles. The number of rotatable bonds is 4. The van der Waals surface area contributed by atoms with E-state index in [1.807, 2.05) is 0 Å². The van der Waals surface area contributed by atoms with Crippen LogP contribution >= 0.6 is 0 Å². The first-order chi connectivity index (χ1) is 7.83. The molecule has 0 atom stereocenters. The number of allylic oxidation sites excluding steroid dienone is 1. The normalized spacial score (nSPS) is 12.5. The first kappa shape index (κ1) is 13.2. The minimum absolute atomic E-state index is 0.103. The molecule has 94 valence electrons.